The first kappa shape index (κ1) is 18.0. The Morgan fingerprint density at radius 2 is 2.10 bits per heavy atom. The first-order valence-corrected chi connectivity index (χ1v) is 10.6. The maximum absolute atomic E-state index is 12.1. The smallest absolute Gasteiger partial charge is 0.241 e. The minimum absolute atomic E-state index is 0.388. The van der Waals surface area contributed by atoms with E-state index in [4.69, 9.17) is 0 Å². The monoisotopic (exact) mass is 336 g/mol. The van der Waals surface area contributed by atoms with Crippen LogP contribution in [0.2, 0.25) is 0 Å². The van der Waals surface area contributed by atoms with Crippen LogP contribution >= 0.6 is 23.1 Å². The van der Waals surface area contributed by atoms with Gasteiger partial charge in [0.15, 0.2) is 0 Å². The van der Waals surface area contributed by atoms with Gasteiger partial charge in [0.1, 0.15) is 0 Å². The van der Waals surface area contributed by atoms with Gasteiger partial charge in [-0.1, -0.05) is 13.3 Å². The van der Waals surface area contributed by atoms with Crippen molar-refractivity contribution in [3.8, 4) is 0 Å². The van der Waals surface area contributed by atoms with Crippen LogP contribution in [0, 0.1) is 0 Å². The van der Waals surface area contributed by atoms with Crippen molar-refractivity contribution in [2.24, 2.45) is 0 Å². The molecule has 1 rings (SSSR count). The van der Waals surface area contributed by atoms with E-state index in [1.54, 1.807) is 11.4 Å². The fourth-order valence-corrected chi connectivity index (χ4v) is 4.49. The number of thiophene rings is 1. The summed E-state index contributed by atoms with van der Waals surface area (Å²) in [5.74, 6) is 1.14. The number of rotatable bonds is 11. The fourth-order valence-electron chi connectivity index (χ4n) is 1.68. The van der Waals surface area contributed by atoms with Crippen LogP contribution in [0.15, 0.2) is 16.3 Å². The van der Waals surface area contributed by atoms with Crippen LogP contribution in [0.3, 0.4) is 0 Å². The minimum atomic E-state index is -3.33. The van der Waals surface area contributed by atoms with Crippen LogP contribution in [0.25, 0.3) is 0 Å². The zero-order chi connectivity index (χ0) is 14.8. The Morgan fingerprint density at radius 1 is 1.30 bits per heavy atom. The van der Waals surface area contributed by atoms with Gasteiger partial charge in [-0.3, -0.25) is 0 Å². The highest BCUT2D eigenvalue weighted by atomic mass is 32.2. The molecule has 1 heterocycles. The van der Waals surface area contributed by atoms with Gasteiger partial charge in [0.25, 0.3) is 0 Å². The van der Waals surface area contributed by atoms with Gasteiger partial charge in [-0.2, -0.15) is 11.8 Å². The molecule has 0 aromatic carbocycles. The molecular formula is C13H24N2O2S3. The van der Waals surface area contributed by atoms with Gasteiger partial charge in [0, 0.05) is 23.3 Å². The fraction of sp³-hybridized carbons (Fsp3) is 0.692. The molecule has 0 unspecified atom stereocenters. The SMILES string of the molecule is CCNCc1cc(S(=O)(=O)NCCCCCSC)cs1. The van der Waals surface area contributed by atoms with E-state index in [0.717, 1.165) is 43.0 Å². The number of hydrogen-bond donors (Lipinski definition) is 2. The van der Waals surface area contributed by atoms with Gasteiger partial charge >= 0.3 is 0 Å². The van der Waals surface area contributed by atoms with E-state index in [9.17, 15) is 8.42 Å². The number of nitrogens with one attached hydrogen (secondary N) is 2. The molecule has 1 aromatic rings. The van der Waals surface area contributed by atoms with Crippen LogP contribution in [0.5, 0.6) is 0 Å². The molecule has 0 atom stereocenters. The van der Waals surface area contributed by atoms with Gasteiger partial charge in [0.05, 0.1) is 4.90 Å². The van der Waals surface area contributed by atoms with Crippen molar-refractivity contribution in [1.29, 1.82) is 0 Å². The summed E-state index contributed by atoms with van der Waals surface area (Å²) in [5, 5.41) is 4.91. The Morgan fingerprint density at radius 3 is 2.80 bits per heavy atom. The number of sulfonamides is 1. The lowest BCUT2D eigenvalue weighted by Crippen LogP contribution is -2.24. The maximum Gasteiger partial charge on any atom is 0.241 e. The standard InChI is InChI=1S/C13H24N2O2S3/c1-3-14-10-12-9-13(11-19-12)20(16,17)15-7-5-4-6-8-18-2/h9,11,14-15H,3-8,10H2,1-2H3. The van der Waals surface area contributed by atoms with E-state index in [0.29, 0.717) is 11.4 Å². The third-order valence-electron chi connectivity index (χ3n) is 2.81. The second-order valence-corrected chi connectivity index (χ2v) is 8.23. The quantitative estimate of drug-likeness (QED) is 0.610. The van der Waals surface area contributed by atoms with E-state index < -0.39 is 10.0 Å². The molecular weight excluding hydrogens is 312 g/mol. The first-order chi connectivity index (χ1) is 9.60. The summed E-state index contributed by atoms with van der Waals surface area (Å²) >= 11 is 3.31. The molecule has 2 N–H and O–H groups in total. The van der Waals surface area contributed by atoms with E-state index in [1.165, 1.54) is 11.3 Å². The number of hydrogen-bond acceptors (Lipinski definition) is 5. The average Bonchev–Trinajstić information content (AvgIpc) is 2.90. The molecule has 0 saturated heterocycles. The van der Waals surface area contributed by atoms with Crippen LogP contribution in [-0.4, -0.2) is 33.5 Å². The first-order valence-electron chi connectivity index (χ1n) is 6.87. The summed E-state index contributed by atoms with van der Waals surface area (Å²) in [5.41, 5.74) is 0. The van der Waals surface area contributed by atoms with Gasteiger partial charge < -0.3 is 5.32 Å². The lowest BCUT2D eigenvalue weighted by atomic mass is 10.2. The van der Waals surface area contributed by atoms with Crippen molar-refractivity contribution in [3.63, 3.8) is 0 Å². The van der Waals surface area contributed by atoms with Crippen LogP contribution in [0.4, 0.5) is 0 Å². The molecule has 4 nitrogen and oxygen atoms in total. The summed E-state index contributed by atoms with van der Waals surface area (Å²) in [6.45, 7) is 4.17. The molecule has 0 aliphatic carbocycles. The van der Waals surface area contributed by atoms with Crippen LogP contribution in [-0.2, 0) is 16.6 Å². The lowest BCUT2D eigenvalue weighted by Gasteiger charge is -2.04. The Labute approximate surface area is 130 Å². The molecule has 0 saturated carbocycles. The van der Waals surface area contributed by atoms with Crippen molar-refractivity contribution in [1.82, 2.24) is 10.0 Å². The van der Waals surface area contributed by atoms with Gasteiger partial charge in [-0.25, -0.2) is 13.1 Å². The molecule has 0 spiro atoms. The molecule has 20 heavy (non-hydrogen) atoms. The highest BCUT2D eigenvalue weighted by Gasteiger charge is 2.15. The summed E-state index contributed by atoms with van der Waals surface area (Å²) < 4.78 is 26.8. The van der Waals surface area contributed by atoms with E-state index in [-0.39, 0.29) is 0 Å². The molecule has 0 aliphatic rings. The summed E-state index contributed by atoms with van der Waals surface area (Å²) in [4.78, 5) is 1.44. The number of unbranched alkanes of at least 4 members (excludes halogenated alkanes) is 2. The molecule has 0 radical (unpaired) electrons. The molecule has 7 heteroatoms. The molecule has 0 aliphatic heterocycles. The molecule has 0 fully saturated rings. The molecule has 116 valence electrons. The van der Waals surface area contributed by atoms with Crippen molar-refractivity contribution >= 4 is 33.1 Å². The van der Waals surface area contributed by atoms with Crippen molar-refractivity contribution in [2.75, 3.05) is 25.1 Å². The van der Waals surface area contributed by atoms with Crippen molar-refractivity contribution in [2.45, 2.75) is 37.6 Å². The zero-order valence-electron chi connectivity index (χ0n) is 12.1. The Bertz CT molecular complexity index is 472. The Hall–Kier alpha value is -0.0800. The molecule has 0 amide bonds. The zero-order valence-corrected chi connectivity index (χ0v) is 14.6. The highest BCUT2D eigenvalue weighted by molar-refractivity contribution is 7.98. The largest absolute Gasteiger partial charge is 0.312 e. The topological polar surface area (TPSA) is 58.2 Å². The predicted molar refractivity (Wildman–Crippen MR) is 89.1 cm³/mol. The second-order valence-electron chi connectivity index (χ2n) is 4.48. The van der Waals surface area contributed by atoms with Gasteiger partial charge in [-0.15, -0.1) is 11.3 Å². The predicted octanol–water partition coefficient (Wildman–Crippen LogP) is 2.67. The Balaban J connectivity index is 2.38. The summed E-state index contributed by atoms with van der Waals surface area (Å²) in [6.07, 6.45) is 5.20. The number of thioether (sulfide) groups is 1. The molecule has 0 bridgehead atoms. The summed E-state index contributed by atoms with van der Waals surface area (Å²) in [6, 6.07) is 1.75. The normalized spacial score (nSPS) is 11.9. The van der Waals surface area contributed by atoms with Crippen molar-refractivity contribution in [3.05, 3.63) is 16.3 Å². The lowest BCUT2D eigenvalue weighted by molar-refractivity contribution is 0.576. The summed E-state index contributed by atoms with van der Waals surface area (Å²) in [7, 11) is -3.33. The van der Waals surface area contributed by atoms with Gasteiger partial charge in [-0.05, 0) is 37.5 Å². The molecule has 1 aromatic heterocycles. The van der Waals surface area contributed by atoms with Crippen molar-refractivity contribution < 1.29 is 8.42 Å². The van der Waals surface area contributed by atoms with E-state index >= 15 is 0 Å². The highest BCUT2D eigenvalue weighted by Crippen LogP contribution is 2.19. The van der Waals surface area contributed by atoms with E-state index in [1.807, 2.05) is 18.7 Å². The third-order valence-corrected chi connectivity index (χ3v) is 6.03. The third kappa shape index (κ3) is 6.58. The second kappa shape index (κ2) is 9.78. The Kier molecular flexibility index (Phi) is 8.79. The van der Waals surface area contributed by atoms with Gasteiger partial charge in [0.2, 0.25) is 10.0 Å². The maximum atomic E-state index is 12.1. The van der Waals surface area contributed by atoms with Crippen LogP contribution < -0.4 is 10.0 Å². The minimum Gasteiger partial charge on any atom is -0.312 e. The average molecular weight is 337 g/mol. The van der Waals surface area contributed by atoms with E-state index in [2.05, 4.69) is 16.3 Å². The van der Waals surface area contributed by atoms with Crippen LogP contribution in [0.1, 0.15) is 31.1 Å².